The van der Waals surface area contributed by atoms with Gasteiger partial charge in [0.25, 0.3) is 5.78 Å². The van der Waals surface area contributed by atoms with Crippen molar-refractivity contribution in [3.05, 3.63) is 47.4 Å². The first kappa shape index (κ1) is 15.8. The summed E-state index contributed by atoms with van der Waals surface area (Å²) in [6.07, 6.45) is -2.70. The second-order valence-corrected chi connectivity index (χ2v) is 5.71. The largest absolute Gasteiger partial charge is 0.416 e. The molecule has 3 heterocycles. The zero-order valence-electron chi connectivity index (χ0n) is 13.3. The molecule has 0 bridgehead atoms. The van der Waals surface area contributed by atoms with E-state index in [1.165, 1.54) is 16.9 Å². The molecule has 0 atom stereocenters. The van der Waals surface area contributed by atoms with E-state index in [0.29, 0.717) is 41.5 Å². The summed E-state index contributed by atoms with van der Waals surface area (Å²) in [4.78, 5) is 10.2. The van der Waals surface area contributed by atoms with Crippen molar-refractivity contribution in [2.24, 2.45) is 0 Å². The van der Waals surface area contributed by atoms with Gasteiger partial charge < -0.3 is 9.64 Å². The molecule has 0 saturated heterocycles. The van der Waals surface area contributed by atoms with Crippen molar-refractivity contribution in [3.8, 4) is 0 Å². The molecule has 0 aliphatic carbocycles. The highest BCUT2D eigenvalue weighted by Crippen LogP contribution is 2.42. The number of fused-ring (bicyclic) bond motifs is 2. The monoisotopic (exact) mass is 349 g/mol. The zero-order valence-corrected chi connectivity index (χ0v) is 13.3. The summed E-state index contributed by atoms with van der Waals surface area (Å²) in [5.41, 5.74) is 0.876. The second-order valence-electron chi connectivity index (χ2n) is 5.71. The van der Waals surface area contributed by atoms with E-state index in [4.69, 9.17) is 4.74 Å². The molecule has 6 nitrogen and oxygen atoms in total. The molecule has 0 N–H and O–H groups in total. The summed E-state index contributed by atoms with van der Waals surface area (Å²) >= 11 is 0. The van der Waals surface area contributed by atoms with Gasteiger partial charge in [0.15, 0.2) is 0 Å². The molecular weight excluding hydrogens is 335 g/mol. The Morgan fingerprint density at radius 2 is 2.12 bits per heavy atom. The smallest absolute Gasteiger partial charge is 0.378 e. The number of rotatable bonds is 3. The van der Waals surface area contributed by atoms with Crippen molar-refractivity contribution in [1.82, 2.24) is 19.6 Å². The average Bonchev–Trinajstić information content (AvgIpc) is 3.19. The van der Waals surface area contributed by atoms with Gasteiger partial charge in [-0.15, -0.1) is 0 Å². The number of anilines is 2. The summed E-state index contributed by atoms with van der Waals surface area (Å²) in [7, 11) is 1.55. The van der Waals surface area contributed by atoms with Crippen LogP contribution in [0.25, 0.3) is 5.78 Å². The number of methoxy groups -OCH3 is 1. The first-order chi connectivity index (χ1) is 12.0. The molecule has 25 heavy (non-hydrogen) atoms. The van der Waals surface area contributed by atoms with Crippen molar-refractivity contribution in [1.29, 1.82) is 0 Å². The van der Waals surface area contributed by atoms with Crippen LogP contribution in [0.2, 0.25) is 0 Å². The molecule has 1 aliphatic rings. The van der Waals surface area contributed by atoms with E-state index in [9.17, 15) is 13.2 Å². The Bertz CT molecular complexity index is 937. The Morgan fingerprint density at radius 1 is 1.28 bits per heavy atom. The molecule has 0 saturated carbocycles. The number of benzene rings is 1. The first-order valence-electron chi connectivity index (χ1n) is 7.64. The van der Waals surface area contributed by atoms with Gasteiger partial charge in [0.2, 0.25) is 0 Å². The molecule has 3 aromatic rings. The predicted molar refractivity (Wildman–Crippen MR) is 83.6 cm³/mol. The van der Waals surface area contributed by atoms with Crippen LogP contribution in [0, 0.1) is 0 Å². The minimum absolute atomic E-state index is 0.277. The lowest BCUT2D eigenvalue weighted by atomic mass is 10.0. The Kier molecular flexibility index (Phi) is 3.60. The van der Waals surface area contributed by atoms with Gasteiger partial charge in [0, 0.05) is 25.4 Å². The Morgan fingerprint density at radius 3 is 2.88 bits per heavy atom. The van der Waals surface area contributed by atoms with Gasteiger partial charge in [0.1, 0.15) is 12.1 Å². The van der Waals surface area contributed by atoms with Gasteiger partial charge in [-0.25, -0.2) is 4.98 Å². The normalized spacial score (nSPS) is 14.3. The van der Waals surface area contributed by atoms with Crippen LogP contribution in [-0.2, 0) is 23.9 Å². The highest BCUT2D eigenvalue weighted by molar-refractivity contribution is 5.70. The third-order valence-electron chi connectivity index (χ3n) is 4.19. The van der Waals surface area contributed by atoms with Gasteiger partial charge in [-0.3, -0.25) is 0 Å². The van der Waals surface area contributed by atoms with Crippen molar-refractivity contribution in [2.75, 3.05) is 18.6 Å². The summed E-state index contributed by atoms with van der Waals surface area (Å²) < 4.78 is 46.4. The van der Waals surface area contributed by atoms with Crippen molar-refractivity contribution < 1.29 is 17.9 Å². The maximum Gasteiger partial charge on any atom is 0.416 e. The van der Waals surface area contributed by atoms with Crippen LogP contribution in [0.15, 0.2) is 30.6 Å². The predicted octanol–water partition coefficient (Wildman–Crippen LogP) is 2.98. The lowest BCUT2D eigenvalue weighted by Gasteiger charge is -2.21. The van der Waals surface area contributed by atoms with Crippen LogP contribution in [0.5, 0.6) is 0 Å². The van der Waals surface area contributed by atoms with Gasteiger partial charge in [-0.1, -0.05) is 6.07 Å². The van der Waals surface area contributed by atoms with Gasteiger partial charge in [-0.05, 0) is 24.1 Å². The zero-order chi connectivity index (χ0) is 17.6. The molecular formula is C16H14F3N5O. The molecule has 9 heteroatoms. The van der Waals surface area contributed by atoms with Gasteiger partial charge in [-0.2, -0.15) is 27.8 Å². The van der Waals surface area contributed by atoms with Crippen molar-refractivity contribution >= 4 is 17.3 Å². The van der Waals surface area contributed by atoms with Crippen LogP contribution in [0.3, 0.4) is 0 Å². The van der Waals surface area contributed by atoms with E-state index >= 15 is 0 Å². The fourth-order valence-electron chi connectivity index (χ4n) is 3.20. The molecule has 0 spiro atoms. The van der Waals surface area contributed by atoms with E-state index < -0.39 is 11.7 Å². The molecule has 4 rings (SSSR count). The molecule has 0 fully saturated rings. The minimum atomic E-state index is -4.37. The lowest BCUT2D eigenvalue weighted by molar-refractivity contribution is -0.138. The summed E-state index contributed by atoms with van der Waals surface area (Å²) in [5.74, 6) is 0.998. The van der Waals surface area contributed by atoms with Crippen LogP contribution in [0.4, 0.5) is 24.7 Å². The third-order valence-corrected chi connectivity index (χ3v) is 4.19. The maximum atomic E-state index is 13.3. The molecule has 1 aliphatic heterocycles. The number of ether oxygens (including phenoxy) is 1. The van der Waals surface area contributed by atoms with Crippen LogP contribution in [-0.4, -0.2) is 33.2 Å². The lowest BCUT2D eigenvalue weighted by Crippen LogP contribution is -2.18. The highest BCUT2D eigenvalue weighted by Gasteiger charge is 2.37. The van der Waals surface area contributed by atoms with Gasteiger partial charge in [0.05, 0.1) is 17.9 Å². The topological polar surface area (TPSA) is 55.6 Å². The number of hydrogen-bond donors (Lipinski definition) is 0. The quantitative estimate of drug-likeness (QED) is 0.728. The minimum Gasteiger partial charge on any atom is -0.378 e. The second kappa shape index (κ2) is 5.69. The molecule has 2 aromatic heterocycles. The average molecular weight is 349 g/mol. The van der Waals surface area contributed by atoms with E-state index in [1.807, 2.05) is 4.90 Å². The number of aromatic nitrogens is 4. The van der Waals surface area contributed by atoms with E-state index in [2.05, 4.69) is 15.1 Å². The molecule has 0 radical (unpaired) electrons. The Hall–Kier alpha value is -2.68. The van der Waals surface area contributed by atoms with Crippen LogP contribution >= 0.6 is 0 Å². The van der Waals surface area contributed by atoms with Crippen LogP contribution in [0.1, 0.15) is 16.8 Å². The fourth-order valence-corrected chi connectivity index (χ4v) is 3.20. The fraction of sp³-hybridized carbons (Fsp3) is 0.312. The molecule has 130 valence electrons. The molecule has 0 amide bonds. The maximum absolute atomic E-state index is 13.3. The Labute approximate surface area is 140 Å². The standard InChI is InChI=1S/C16H14F3N5O/c1-25-8-10-7-14(24-15(22-10)20-9-21-24)23-6-5-11-12(16(17,18)19)3-2-4-13(11)23/h2-4,7,9H,5-6,8H2,1H3. The SMILES string of the molecule is COCc1cc(N2CCc3c2cccc3C(F)(F)F)n2ncnc2n1. The number of alkyl halides is 3. The highest BCUT2D eigenvalue weighted by atomic mass is 19.4. The first-order valence-corrected chi connectivity index (χ1v) is 7.64. The Balaban J connectivity index is 1.86. The summed E-state index contributed by atoms with van der Waals surface area (Å²) in [6.45, 7) is 0.702. The number of hydrogen-bond acceptors (Lipinski definition) is 5. The number of nitrogens with zero attached hydrogens (tertiary/aromatic N) is 5. The van der Waals surface area contributed by atoms with Crippen molar-refractivity contribution in [3.63, 3.8) is 0 Å². The van der Waals surface area contributed by atoms with E-state index in [-0.39, 0.29) is 6.61 Å². The molecule has 1 aromatic carbocycles. The number of halogens is 3. The van der Waals surface area contributed by atoms with Gasteiger partial charge >= 0.3 is 6.18 Å². The summed E-state index contributed by atoms with van der Waals surface area (Å²) in [5, 5.41) is 4.15. The molecule has 0 unspecified atom stereocenters. The third kappa shape index (κ3) is 2.60. The summed E-state index contributed by atoms with van der Waals surface area (Å²) in [6, 6.07) is 6.00. The van der Waals surface area contributed by atoms with E-state index in [1.54, 1.807) is 19.2 Å². The van der Waals surface area contributed by atoms with Crippen LogP contribution < -0.4 is 4.90 Å². The van der Waals surface area contributed by atoms with Crippen molar-refractivity contribution in [2.45, 2.75) is 19.2 Å². The van der Waals surface area contributed by atoms with E-state index in [0.717, 1.165) is 6.07 Å².